The van der Waals surface area contributed by atoms with Crippen molar-refractivity contribution in [2.24, 2.45) is 5.73 Å². The second-order valence-corrected chi connectivity index (χ2v) is 4.02. The minimum Gasteiger partial charge on any atom is -0.480 e. The second-order valence-electron chi connectivity index (χ2n) is 2.78. The molecule has 0 heterocycles. The Bertz CT molecular complexity index is 319. The molecule has 14 heavy (non-hydrogen) atoms. The Labute approximate surface area is 102 Å². The van der Waals surface area contributed by atoms with E-state index in [1.807, 2.05) is 24.3 Å². The van der Waals surface area contributed by atoms with Gasteiger partial charge in [-0.3, -0.25) is 4.79 Å². The van der Waals surface area contributed by atoms with Crippen molar-refractivity contribution < 1.29 is 9.90 Å². The van der Waals surface area contributed by atoms with Gasteiger partial charge < -0.3 is 10.8 Å². The summed E-state index contributed by atoms with van der Waals surface area (Å²) in [5, 5.41) is 8.59. The van der Waals surface area contributed by atoms with E-state index in [0.29, 0.717) is 6.42 Å². The average Bonchev–Trinajstić information content (AvgIpc) is 2.04. The first kappa shape index (κ1) is 13.7. The Hall–Kier alpha value is -0.330. The zero-order valence-electron chi connectivity index (χ0n) is 7.31. The summed E-state index contributed by atoms with van der Waals surface area (Å²) >= 11 is 2.18. The van der Waals surface area contributed by atoms with Crippen molar-refractivity contribution in [3.63, 3.8) is 0 Å². The maximum Gasteiger partial charge on any atom is 0.320 e. The van der Waals surface area contributed by atoms with Gasteiger partial charge in [0, 0.05) is 3.57 Å². The maximum absolute atomic E-state index is 10.5. The Morgan fingerprint density at radius 2 is 2.21 bits per heavy atom. The molecule has 3 nitrogen and oxygen atoms in total. The zero-order chi connectivity index (χ0) is 9.84. The molecule has 1 aromatic rings. The highest BCUT2D eigenvalue weighted by molar-refractivity contribution is 14.1. The Kier molecular flexibility index (Phi) is 6.06. The molecule has 0 aliphatic heterocycles. The molecule has 1 aromatic carbocycles. The fraction of sp³-hybridized carbons (Fsp3) is 0.222. The lowest BCUT2D eigenvalue weighted by molar-refractivity contribution is -0.138. The Morgan fingerprint density at radius 1 is 1.57 bits per heavy atom. The Morgan fingerprint density at radius 3 is 2.71 bits per heavy atom. The van der Waals surface area contributed by atoms with Gasteiger partial charge in [0.2, 0.25) is 0 Å². The molecule has 0 fully saturated rings. The van der Waals surface area contributed by atoms with Crippen LogP contribution in [0.25, 0.3) is 0 Å². The summed E-state index contributed by atoms with van der Waals surface area (Å²) in [6.07, 6.45) is 0.381. The zero-order valence-corrected chi connectivity index (χ0v) is 10.3. The number of benzene rings is 1. The third-order valence-electron chi connectivity index (χ3n) is 1.66. The summed E-state index contributed by atoms with van der Waals surface area (Å²) < 4.78 is 1.09. The number of carboxylic acids is 1. The third kappa shape index (κ3) is 4.26. The van der Waals surface area contributed by atoms with E-state index in [9.17, 15) is 4.79 Å². The number of carbonyl (C=O) groups is 1. The van der Waals surface area contributed by atoms with Crippen molar-refractivity contribution in [1.29, 1.82) is 0 Å². The molecule has 3 N–H and O–H groups in total. The van der Waals surface area contributed by atoms with Gasteiger partial charge in [-0.25, -0.2) is 0 Å². The van der Waals surface area contributed by atoms with E-state index in [1.165, 1.54) is 0 Å². The minimum absolute atomic E-state index is 0. The number of carboxylic acid groups (broad SMARTS) is 1. The lowest BCUT2D eigenvalue weighted by Gasteiger charge is -2.05. The first-order valence-corrected chi connectivity index (χ1v) is 4.90. The van der Waals surface area contributed by atoms with Gasteiger partial charge in [-0.2, -0.15) is 0 Å². The summed E-state index contributed by atoms with van der Waals surface area (Å²) in [6.45, 7) is 0. The van der Waals surface area contributed by atoms with Crippen molar-refractivity contribution in [1.82, 2.24) is 0 Å². The molecule has 5 heteroatoms. The van der Waals surface area contributed by atoms with Crippen LogP contribution in [0.5, 0.6) is 0 Å². The molecule has 78 valence electrons. The normalized spacial score (nSPS) is 11.6. The van der Waals surface area contributed by atoms with Gasteiger partial charge in [0.05, 0.1) is 0 Å². The molecular weight excluding hydrogens is 316 g/mol. The van der Waals surface area contributed by atoms with Crippen LogP contribution in [0.15, 0.2) is 24.3 Å². The molecule has 1 rings (SSSR count). The van der Waals surface area contributed by atoms with Gasteiger partial charge in [0.25, 0.3) is 0 Å². The number of rotatable bonds is 3. The molecule has 0 amide bonds. The average molecular weight is 328 g/mol. The lowest BCUT2D eigenvalue weighted by Crippen LogP contribution is -2.32. The summed E-state index contributed by atoms with van der Waals surface area (Å²) in [5.41, 5.74) is 6.36. The molecule has 0 aliphatic rings. The molecular formula is C9H11ClINO2. The number of hydrogen-bond acceptors (Lipinski definition) is 2. The van der Waals surface area contributed by atoms with Crippen LogP contribution in [-0.4, -0.2) is 17.1 Å². The van der Waals surface area contributed by atoms with E-state index >= 15 is 0 Å². The molecule has 1 atom stereocenters. The fourth-order valence-electron chi connectivity index (χ4n) is 1.01. The molecule has 0 radical (unpaired) electrons. The number of nitrogens with two attached hydrogens (primary N) is 1. The van der Waals surface area contributed by atoms with E-state index in [2.05, 4.69) is 22.6 Å². The molecule has 0 aliphatic carbocycles. The summed E-state index contributed by atoms with van der Waals surface area (Å²) in [7, 11) is 0. The maximum atomic E-state index is 10.5. The number of aliphatic carboxylic acids is 1. The van der Waals surface area contributed by atoms with Gasteiger partial charge >= 0.3 is 5.97 Å². The minimum atomic E-state index is -0.959. The fourth-order valence-corrected chi connectivity index (χ4v) is 1.61. The van der Waals surface area contributed by atoms with Crippen LogP contribution in [0, 0.1) is 3.57 Å². The van der Waals surface area contributed by atoms with Crippen LogP contribution in [0.3, 0.4) is 0 Å². The standard InChI is InChI=1S/C9H10INO2.ClH/c10-7-3-1-2-6(4-7)5-8(11)9(12)13;/h1-4,8H,5,11H2,(H,12,13);1H. The predicted molar refractivity (Wildman–Crippen MR) is 65.7 cm³/mol. The lowest BCUT2D eigenvalue weighted by atomic mass is 10.1. The number of halogens is 2. The highest BCUT2D eigenvalue weighted by atomic mass is 127. The SMILES string of the molecule is Cl.NC(Cc1cccc(I)c1)C(=O)O. The van der Waals surface area contributed by atoms with Crippen molar-refractivity contribution in [3.8, 4) is 0 Å². The quantitative estimate of drug-likeness (QED) is 0.830. The molecule has 0 spiro atoms. The first-order valence-electron chi connectivity index (χ1n) is 3.82. The monoisotopic (exact) mass is 327 g/mol. The van der Waals surface area contributed by atoms with Crippen LogP contribution >= 0.6 is 35.0 Å². The van der Waals surface area contributed by atoms with Crippen molar-refractivity contribution >= 4 is 41.0 Å². The van der Waals surface area contributed by atoms with Gasteiger partial charge in [0.15, 0.2) is 0 Å². The van der Waals surface area contributed by atoms with E-state index < -0.39 is 12.0 Å². The smallest absolute Gasteiger partial charge is 0.320 e. The Balaban J connectivity index is 0.00000169. The van der Waals surface area contributed by atoms with Crippen LogP contribution in [-0.2, 0) is 11.2 Å². The summed E-state index contributed by atoms with van der Waals surface area (Å²) in [6, 6.07) is 6.86. The highest BCUT2D eigenvalue weighted by Gasteiger charge is 2.11. The van der Waals surface area contributed by atoms with E-state index in [0.717, 1.165) is 9.13 Å². The van der Waals surface area contributed by atoms with Gasteiger partial charge in [-0.1, -0.05) is 12.1 Å². The van der Waals surface area contributed by atoms with Crippen molar-refractivity contribution in [2.75, 3.05) is 0 Å². The highest BCUT2D eigenvalue weighted by Crippen LogP contribution is 2.09. The van der Waals surface area contributed by atoms with E-state index in [1.54, 1.807) is 0 Å². The predicted octanol–water partition coefficient (Wildman–Crippen LogP) is 1.67. The van der Waals surface area contributed by atoms with Crippen LogP contribution in [0.4, 0.5) is 0 Å². The largest absolute Gasteiger partial charge is 0.480 e. The molecule has 0 saturated heterocycles. The van der Waals surface area contributed by atoms with Crippen molar-refractivity contribution in [2.45, 2.75) is 12.5 Å². The van der Waals surface area contributed by atoms with Gasteiger partial charge in [0.1, 0.15) is 6.04 Å². The van der Waals surface area contributed by atoms with Crippen molar-refractivity contribution in [3.05, 3.63) is 33.4 Å². The van der Waals surface area contributed by atoms with E-state index in [4.69, 9.17) is 10.8 Å². The second kappa shape index (κ2) is 6.21. The first-order chi connectivity index (χ1) is 6.09. The van der Waals surface area contributed by atoms with Gasteiger partial charge in [-0.15, -0.1) is 12.4 Å². The molecule has 0 aromatic heterocycles. The molecule has 0 bridgehead atoms. The molecule has 1 unspecified atom stereocenters. The number of hydrogen-bond donors (Lipinski definition) is 2. The van der Waals surface area contributed by atoms with Gasteiger partial charge in [-0.05, 0) is 46.7 Å². The topological polar surface area (TPSA) is 63.3 Å². The van der Waals surface area contributed by atoms with Crippen LogP contribution in [0.2, 0.25) is 0 Å². The summed E-state index contributed by atoms with van der Waals surface area (Å²) in [5.74, 6) is -0.959. The van der Waals surface area contributed by atoms with E-state index in [-0.39, 0.29) is 12.4 Å². The molecule has 0 saturated carbocycles. The van der Waals surface area contributed by atoms with Crippen LogP contribution in [0.1, 0.15) is 5.56 Å². The third-order valence-corrected chi connectivity index (χ3v) is 2.33. The summed E-state index contributed by atoms with van der Waals surface area (Å²) in [4.78, 5) is 10.5. The van der Waals surface area contributed by atoms with Crippen LogP contribution < -0.4 is 5.73 Å².